The smallest absolute Gasteiger partial charge is 0.124 e. The molecule has 1 rings (SSSR count). The van der Waals surface area contributed by atoms with Gasteiger partial charge in [-0.2, -0.15) is 0 Å². The third-order valence-corrected chi connectivity index (χ3v) is 3.74. The van der Waals surface area contributed by atoms with Crippen LogP contribution in [0.2, 0.25) is 0 Å². The summed E-state index contributed by atoms with van der Waals surface area (Å²) in [4.78, 5) is 0. The SMILES string of the molecule is CCNC(c1cc(Br)ccc1OCC)C(C)CC. The molecule has 0 bridgehead atoms. The largest absolute Gasteiger partial charge is 0.494 e. The molecule has 2 nitrogen and oxygen atoms in total. The van der Waals surface area contributed by atoms with Gasteiger partial charge in [0, 0.05) is 16.1 Å². The molecule has 0 aromatic heterocycles. The second-order valence-corrected chi connectivity index (χ2v) is 5.45. The monoisotopic (exact) mass is 313 g/mol. The van der Waals surface area contributed by atoms with E-state index < -0.39 is 0 Å². The fourth-order valence-electron chi connectivity index (χ4n) is 2.12. The lowest BCUT2D eigenvalue weighted by atomic mass is 9.92. The van der Waals surface area contributed by atoms with Gasteiger partial charge in [-0.1, -0.05) is 43.1 Å². The third kappa shape index (κ3) is 3.99. The van der Waals surface area contributed by atoms with Crippen LogP contribution in [0, 0.1) is 5.92 Å². The molecule has 0 radical (unpaired) electrons. The molecule has 1 aromatic carbocycles. The van der Waals surface area contributed by atoms with E-state index in [9.17, 15) is 0 Å². The van der Waals surface area contributed by atoms with Crippen LogP contribution >= 0.6 is 15.9 Å². The van der Waals surface area contributed by atoms with Crippen molar-refractivity contribution in [2.75, 3.05) is 13.2 Å². The van der Waals surface area contributed by atoms with Crippen LogP contribution in [0.15, 0.2) is 22.7 Å². The molecule has 18 heavy (non-hydrogen) atoms. The third-order valence-electron chi connectivity index (χ3n) is 3.24. The molecule has 2 atom stereocenters. The number of nitrogens with one attached hydrogen (secondary N) is 1. The fraction of sp³-hybridized carbons (Fsp3) is 0.600. The second-order valence-electron chi connectivity index (χ2n) is 4.54. The molecule has 0 heterocycles. The minimum Gasteiger partial charge on any atom is -0.494 e. The van der Waals surface area contributed by atoms with Crippen molar-refractivity contribution in [1.29, 1.82) is 0 Å². The van der Waals surface area contributed by atoms with E-state index in [4.69, 9.17) is 4.74 Å². The molecular weight excluding hydrogens is 290 g/mol. The summed E-state index contributed by atoms with van der Waals surface area (Å²) in [6.45, 7) is 10.4. The van der Waals surface area contributed by atoms with Crippen LogP contribution in [0.3, 0.4) is 0 Å². The van der Waals surface area contributed by atoms with Crippen molar-refractivity contribution in [2.45, 2.75) is 40.2 Å². The van der Waals surface area contributed by atoms with Crippen molar-refractivity contribution < 1.29 is 4.74 Å². The Labute approximate surface area is 119 Å². The number of hydrogen-bond acceptors (Lipinski definition) is 2. The normalized spacial score (nSPS) is 14.3. The average Bonchev–Trinajstić information content (AvgIpc) is 2.37. The molecule has 0 aliphatic heterocycles. The van der Waals surface area contributed by atoms with Crippen LogP contribution in [-0.2, 0) is 0 Å². The first-order valence-corrected chi connectivity index (χ1v) is 7.58. The first kappa shape index (κ1) is 15.5. The van der Waals surface area contributed by atoms with Crippen LogP contribution in [0.1, 0.15) is 45.7 Å². The Hall–Kier alpha value is -0.540. The summed E-state index contributed by atoms with van der Waals surface area (Å²) in [5, 5.41) is 3.57. The Morgan fingerprint density at radius 3 is 2.56 bits per heavy atom. The number of benzene rings is 1. The summed E-state index contributed by atoms with van der Waals surface area (Å²) in [6, 6.07) is 6.60. The molecular formula is C15H24BrNO. The number of ether oxygens (including phenoxy) is 1. The van der Waals surface area contributed by atoms with Gasteiger partial charge >= 0.3 is 0 Å². The van der Waals surface area contributed by atoms with Crippen molar-refractivity contribution >= 4 is 15.9 Å². The van der Waals surface area contributed by atoms with Gasteiger partial charge in [0.2, 0.25) is 0 Å². The number of rotatable bonds is 7. The molecule has 0 spiro atoms. The Bertz CT molecular complexity index is 368. The maximum Gasteiger partial charge on any atom is 0.124 e. The van der Waals surface area contributed by atoms with Crippen molar-refractivity contribution in [3.05, 3.63) is 28.2 Å². The summed E-state index contributed by atoms with van der Waals surface area (Å²) in [5.41, 5.74) is 1.25. The maximum absolute atomic E-state index is 5.75. The van der Waals surface area contributed by atoms with E-state index in [0.29, 0.717) is 18.6 Å². The van der Waals surface area contributed by atoms with E-state index in [1.807, 2.05) is 13.0 Å². The molecule has 0 aliphatic carbocycles. The van der Waals surface area contributed by atoms with Crippen molar-refractivity contribution in [2.24, 2.45) is 5.92 Å². The van der Waals surface area contributed by atoms with Gasteiger partial charge < -0.3 is 10.1 Å². The molecule has 3 heteroatoms. The van der Waals surface area contributed by atoms with E-state index in [0.717, 1.165) is 23.2 Å². The van der Waals surface area contributed by atoms with Gasteiger partial charge in [-0.25, -0.2) is 0 Å². The van der Waals surface area contributed by atoms with E-state index in [2.05, 4.69) is 54.2 Å². The van der Waals surface area contributed by atoms with E-state index in [-0.39, 0.29) is 0 Å². The van der Waals surface area contributed by atoms with Crippen molar-refractivity contribution in [3.8, 4) is 5.75 Å². The molecule has 1 N–H and O–H groups in total. The highest BCUT2D eigenvalue weighted by atomic mass is 79.9. The fourth-order valence-corrected chi connectivity index (χ4v) is 2.50. The molecule has 102 valence electrons. The Morgan fingerprint density at radius 1 is 1.28 bits per heavy atom. The summed E-state index contributed by atoms with van der Waals surface area (Å²) >= 11 is 3.55. The predicted molar refractivity (Wildman–Crippen MR) is 81.2 cm³/mol. The van der Waals surface area contributed by atoms with Gasteiger partial charge in [0.25, 0.3) is 0 Å². The average molecular weight is 314 g/mol. The highest BCUT2D eigenvalue weighted by Gasteiger charge is 2.20. The summed E-state index contributed by atoms with van der Waals surface area (Å²) in [7, 11) is 0. The highest BCUT2D eigenvalue weighted by Crippen LogP contribution is 2.33. The minimum atomic E-state index is 0.346. The topological polar surface area (TPSA) is 21.3 Å². The minimum absolute atomic E-state index is 0.346. The van der Waals surface area contributed by atoms with Gasteiger partial charge in [0.15, 0.2) is 0 Å². The van der Waals surface area contributed by atoms with Gasteiger partial charge in [-0.05, 0) is 37.6 Å². The molecule has 0 amide bonds. The van der Waals surface area contributed by atoms with Crippen LogP contribution < -0.4 is 10.1 Å². The van der Waals surface area contributed by atoms with Gasteiger partial charge in [0.1, 0.15) is 5.75 Å². The first-order valence-electron chi connectivity index (χ1n) is 6.79. The van der Waals surface area contributed by atoms with Crippen LogP contribution in [0.25, 0.3) is 0 Å². The maximum atomic E-state index is 5.75. The van der Waals surface area contributed by atoms with E-state index in [1.165, 1.54) is 5.56 Å². The standard InChI is InChI=1S/C15H24BrNO/c1-5-11(4)15(17-6-2)13-10-12(16)8-9-14(13)18-7-3/h8-11,15,17H,5-7H2,1-4H3. The zero-order valence-electron chi connectivity index (χ0n) is 11.8. The van der Waals surface area contributed by atoms with Crippen LogP contribution in [0.5, 0.6) is 5.75 Å². The van der Waals surface area contributed by atoms with Gasteiger partial charge in [-0.3, -0.25) is 0 Å². The molecule has 1 aromatic rings. The Balaban J connectivity index is 3.11. The van der Waals surface area contributed by atoms with Crippen molar-refractivity contribution in [3.63, 3.8) is 0 Å². The zero-order chi connectivity index (χ0) is 13.5. The molecule has 2 unspecified atom stereocenters. The lowest BCUT2D eigenvalue weighted by Crippen LogP contribution is -2.27. The lowest BCUT2D eigenvalue weighted by Gasteiger charge is -2.26. The van der Waals surface area contributed by atoms with Gasteiger partial charge in [0.05, 0.1) is 6.61 Å². The first-order chi connectivity index (χ1) is 8.63. The summed E-state index contributed by atoms with van der Waals surface area (Å²) < 4.78 is 6.86. The Kier molecular flexibility index (Phi) is 6.72. The summed E-state index contributed by atoms with van der Waals surface area (Å²) in [5.74, 6) is 1.57. The highest BCUT2D eigenvalue weighted by molar-refractivity contribution is 9.10. The lowest BCUT2D eigenvalue weighted by molar-refractivity contribution is 0.317. The number of halogens is 1. The number of hydrogen-bond donors (Lipinski definition) is 1. The molecule has 0 saturated heterocycles. The quantitative estimate of drug-likeness (QED) is 0.797. The van der Waals surface area contributed by atoms with Gasteiger partial charge in [-0.15, -0.1) is 0 Å². The molecule has 0 aliphatic rings. The molecule has 0 fully saturated rings. The Morgan fingerprint density at radius 2 is 2.00 bits per heavy atom. The predicted octanol–water partition coefficient (Wildman–Crippen LogP) is 4.54. The van der Waals surface area contributed by atoms with E-state index >= 15 is 0 Å². The van der Waals surface area contributed by atoms with Crippen molar-refractivity contribution in [1.82, 2.24) is 5.32 Å². The summed E-state index contributed by atoms with van der Waals surface area (Å²) in [6.07, 6.45) is 1.15. The zero-order valence-corrected chi connectivity index (χ0v) is 13.4. The second kappa shape index (κ2) is 7.80. The van der Waals surface area contributed by atoms with Crippen LogP contribution in [0.4, 0.5) is 0 Å². The van der Waals surface area contributed by atoms with Crippen LogP contribution in [-0.4, -0.2) is 13.2 Å². The molecule has 0 saturated carbocycles. The van der Waals surface area contributed by atoms with E-state index in [1.54, 1.807) is 0 Å².